The van der Waals surface area contributed by atoms with E-state index >= 15 is 0 Å². The molecule has 0 atom stereocenters. The van der Waals surface area contributed by atoms with Gasteiger partial charge in [0.2, 0.25) is 5.91 Å². The van der Waals surface area contributed by atoms with Crippen molar-refractivity contribution in [1.82, 2.24) is 19.7 Å². The minimum absolute atomic E-state index is 0.0767. The molecule has 4 rings (SSSR count). The molecule has 0 saturated heterocycles. The van der Waals surface area contributed by atoms with Gasteiger partial charge in [-0.2, -0.15) is 0 Å². The van der Waals surface area contributed by atoms with E-state index in [0.29, 0.717) is 11.7 Å². The van der Waals surface area contributed by atoms with E-state index in [-0.39, 0.29) is 11.7 Å². The third kappa shape index (κ3) is 5.38. The quantitative estimate of drug-likeness (QED) is 0.430. The number of thioether (sulfide) groups is 1. The van der Waals surface area contributed by atoms with E-state index < -0.39 is 0 Å². The number of carbonyl (C=O) groups is 1. The van der Waals surface area contributed by atoms with Gasteiger partial charge in [-0.15, -0.1) is 10.2 Å². The van der Waals surface area contributed by atoms with Gasteiger partial charge in [0.25, 0.3) is 0 Å². The average Bonchev–Trinajstić information content (AvgIpc) is 3.15. The molecule has 0 spiro atoms. The fourth-order valence-corrected chi connectivity index (χ4v) is 4.12. The largest absolute Gasteiger partial charge is 0.325 e. The zero-order chi connectivity index (χ0) is 21.6. The smallest absolute Gasteiger partial charge is 0.234 e. The van der Waals surface area contributed by atoms with E-state index in [1.807, 2.05) is 60.9 Å². The van der Waals surface area contributed by atoms with E-state index in [9.17, 15) is 4.79 Å². The average molecular weight is 430 g/mol. The number of rotatable bonds is 7. The number of anilines is 1. The molecule has 0 fully saturated rings. The van der Waals surface area contributed by atoms with Crippen molar-refractivity contribution in [2.45, 2.75) is 25.5 Å². The molecule has 0 bridgehead atoms. The molecule has 31 heavy (non-hydrogen) atoms. The van der Waals surface area contributed by atoms with Crippen LogP contribution in [0.1, 0.15) is 16.7 Å². The maximum atomic E-state index is 12.6. The molecule has 7 heteroatoms. The molecule has 0 aliphatic rings. The monoisotopic (exact) mass is 429 g/mol. The molecular weight excluding hydrogens is 406 g/mol. The summed E-state index contributed by atoms with van der Waals surface area (Å²) in [6.07, 6.45) is 3.50. The van der Waals surface area contributed by atoms with Crippen LogP contribution in [-0.4, -0.2) is 31.4 Å². The van der Waals surface area contributed by atoms with Gasteiger partial charge in [-0.05, 0) is 54.8 Å². The van der Waals surface area contributed by atoms with Gasteiger partial charge in [-0.3, -0.25) is 14.3 Å². The van der Waals surface area contributed by atoms with Crippen molar-refractivity contribution >= 4 is 23.4 Å². The highest BCUT2D eigenvalue weighted by molar-refractivity contribution is 7.99. The number of amides is 1. The number of aromatic nitrogens is 4. The highest BCUT2D eigenvalue weighted by Crippen LogP contribution is 2.25. The van der Waals surface area contributed by atoms with Gasteiger partial charge >= 0.3 is 0 Å². The molecule has 2 aromatic heterocycles. The van der Waals surface area contributed by atoms with Gasteiger partial charge in [0.05, 0.1) is 12.3 Å². The Kier molecular flexibility index (Phi) is 6.43. The fraction of sp³-hybridized carbons (Fsp3) is 0.167. The van der Waals surface area contributed by atoms with Gasteiger partial charge < -0.3 is 5.32 Å². The summed E-state index contributed by atoms with van der Waals surface area (Å²) in [6, 6.07) is 20.0. The first-order valence-corrected chi connectivity index (χ1v) is 11.0. The molecule has 4 aromatic rings. The zero-order valence-corrected chi connectivity index (χ0v) is 18.3. The molecule has 0 radical (unpaired) electrons. The molecule has 156 valence electrons. The normalized spacial score (nSPS) is 10.8. The molecule has 2 aromatic carbocycles. The van der Waals surface area contributed by atoms with Crippen molar-refractivity contribution in [2.24, 2.45) is 0 Å². The number of hydrogen-bond donors (Lipinski definition) is 1. The van der Waals surface area contributed by atoms with Crippen LogP contribution >= 0.6 is 11.8 Å². The summed E-state index contributed by atoms with van der Waals surface area (Å²) in [5, 5.41) is 12.4. The Balaban J connectivity index is 1.53. The summed E-state index contributed by atoms with van der Waals surface area (Å²) < 4.78 is 2.03. The first-order chi connectivity index (χ1) is 15.1. The van der Waals surface area contributed by atoms with Crippen LogP contribution in [0.2, 0.25) is 0 Å². The van der Waals surface area contributed by atoms with Gasteiger partial charge in [0.15, 0.2) is 11.0 Å². The molecule has 0 aliphatic carbocycles. The van der Waals surface area contributed by atoms with Crippen molar-refractivity contribution in [1.29, 1.82) is 0 Å². The second-order valence-corrected chi connectivity index (χ2v) is 8.28. The number of nitrogens with one attached hydrogen (secondary N) is 1. The number of aryl methyl sites for hydroxylation is 2. The molecule has 0 saturated carbocycles. The van der Waals surface area contributed by atoms with E-state index in [1.54, 1.807) is 12.4 Å². The molecule has 1 amide bonds. The number of carbonyl (C=O) groups excluding carboxylic acids is 1. The van der Waals surface area contributed by atoms with Crippen LogP contribution in [0.5, 0.6) is 0 Å². The van der Waals surface area contributed by atoms with Crippen LogP contribution in [0.25, 0.3) is 11.4 Å². The van der Waals surface area contributed by atoms with Crippen molar-refractivity contribution in [3.05, 3.63) is 89.7 Å². The van der Waals surface area contributed by atoms with E-state index in [4.69, 9.17) is 0 Å². The standard InChI is InChI=1S/C24H23N5OS/c1-17-11-18(2)13-21(12-17)26-22(30)16-31-24-28-27-23(20-9-6-10-25-14-20)29(24)15-19-7-4-3-5-8-19/h3-14H,15-16H2,1-2H3,(H,26,30). The summed E-state index contributed by atoms with van der Waals surface area (Å²) in [7, 11) is 0. The van der Waals surface area contributed by atoms with Gasteiger partial charge in [0.1, 0.15) is 0 Å². The number of hydrogen-bond acceptors (Lipinski definition) is 5. The minimum Gasteiger partial charge on any atom is -0.325 e. The Morgan fingerprint density at radius 2 is 1.77 bits per heavy atom. The number of nitrogens with zero attached hydrogens (tertiary/aromatic N) is 4. The van der Waals surface area contributed by atoms with Crippen LogP contribution in [0.3, 0.4) is 0 Å². The Hall–Kier alpha value is -3.45. The first-order valence-electron chi connectivity index (χ1n) is 9.97. The summed E-state index contributed by atoms with van der Waals surface area (Å²) in [5.74, 6) is 0.897. The van der Waals surface area contributed by atoms with Gasteiger partial charge in [-0.1, -0.05) is 48.2 Å². The molecule has 0 unspecified atom stereocenters. The fourth-order valence-electron chi connectivity index (χ4n) is 3.39. The van der Waals surface area contributed by atoms with Crippen molar-refractivity contribution in [3.8, 4) is 11.4 Å². The maximum Gasteiger partial charge on any atom is 0.234 e. The minimum atomic E-state index is -0.0767. The Bertz CT molecular complexity index is 1160. The van der Waals surface area contributed by atoms with Crippen LogP contribution in [-0.2, 0) is 11.3 Å². The Labute approximate surface area is 185 Å². The highest BCUT2D eigenvalue weighted by atomic mass is 32.2. The maximum absolute atomic E-state index is 12.6. The highest BCUT2D eigenvalue weighted by Gasteiger charge is 2.16. The molecule has 0 aliphatic heterocycles. The zero-order valence-electron chi connectivity index (χ0n) is 17.4. The SMILES string of the molecule is Cc1cc(C)cc(NC(=O)CSc2nnc(-c3cccnc3)n2Cc2ccccc2)c1. The first kappa shape index (κ1) is 20.8. The molecule has 6 nitrogen and oxygen atoms in total. The lowest BCUT2D eigenvalue weighted by Gasteiger charge is -2.11. The van der Waals surface area contributed by atoms with Gasteiger partial charge in [-0.25, -0.2) is 0 Å². The summed E-state index contributed by atoms with van der Waals surface area (Å²) in [6.45, 7) is 4.64. The second kappa shape index (κ2) is 9.57. The lowest BCUT2D eigenvalue weighted by molar-refractivity contribution is -0.113. The third-order valence-electron chi connectivity index (χ3n) is 4.66. The van der Waals surface area contributed by atoms with Crippen molar-refractivity contribution in [2.75, 3.05) is 11.1 Å². The number of pyridine rings is 1. The summed E-state index contributed by atoms with van der Waals surface area (Å²) >= 11 is 1.37. The van der Waals surface area contributed by atoms with Crippen LogP contribution < -0.4 is 5.32 Å². The van der Waals surface area contributed by atoms with E-state index in [0.717, 1.165) is 33.8 Å². The van der Waals surface area contributed by atoms with Crippen LogP contribution in [0.4, 0.5) is 5.69 Å². The summed E-state index contributed by atoms with van der Waals surface area (Å²) in [5.41, 5.74) is 5.06. The van der Waals surface area contributed by atoms with Crippen molar-refractivity contribution < 1.29 is 4.79 Å². The van der Waals surface area contributed by atoms with Crippen LogP contribution in [0.15, 0.2) is 78.2 Å². The van der Waals surface area contributed by atoms with E-state index in [1.165, 1.54) is 11.8 Å². The van der Waals surface area contributed by atoms with Gasteiger partial charge in [0, 0.05) is 23.6 Å². The molecular formula is C24H23N5OS. The lowest BCUT2D eigenvalue weighted by Crippen LogP contribution is -2.15. The third-order valence-corrected chi connectivity index (χ3v) is 5.62. The van der Waals surface area contributed by atoms with Crippen molar-refractivity contribution in [3.63, 3.8) is 0 Å². The predicted octanol–water partition coefficient (Wildman–Crippen LogP) is 4.74. The number of benzene rings is 2. The van der Waals surface area contributed by atoms with Crippen LogP contribution in [0, 0.1) is 13.8 Å². The summed E-state index contributed by atoms with van der Waals surface area (Å²) in [4.78, 5) is 16.8. The lowest BCUT2D eigenvalue weighted by atomic mass is 10.1. The predicted molar refractivity (Wildman–Crippen MR) is 124 cm³/mol. The molecule has 1 N–H and O–H groups in total. The Morgan fingerprint density at radius 1 is 1.00 bits per heavy atom. The topological polar surface area (TPSA) is 72.7 Å². The molecule has 2 heterocycles. The Morgan fingerprint density at radius 3 is 2.48 bits per heavy atom. The van der Waals surface area contributed by atoms with E-state index in [2.05, 4.69) is 38.7 Å². The second-order valence-electron chi connectivity index (χ2n) is 7.33.